The molecule has 0 aliphatic heterocycles. The number of hydrogen-bond donors (Lipinski definition) is 2. The van der Waals surface area contributed by atoms with E-state index in [-0.39, 0.29) is 17.0 Å². The van der Waals surface area contributed by atoms with Crippen molar-refractivity contribution in [2.45, 2.75) is 32.2 Å². The zero-order chi connectivity index (χ0) is 13.5. The Hall–Kier alpha value is -1.13. The van der Waals surface area contributed by atoms with Gasteiger partial charge >= 0.3 is 0 Å². The smallest absolute Gasteiger partial charge is 0.217 e. The number of nitrogens with two attached hydrogens (primary N) is 1. The molecule has 0 fully saturated rings. The van der Waals surface area contributed by atoms with Crippen LogP contribution in [-0.2, 0) is 4.79 Å². The fourth-order valence-electron chi connectivity index (χ4n) is 1.64. The van der Waals surface area contributed by atoms with Gasteiger partial charge in [-0.3, -0.25) is 4.79 Å². The van der Waals surface area contributed by atoms with Crippen molar-refractivity contribution < 1.29 is 9.18 Å². The summed E-state index contributed by atoms with van der Waals surface area (Å²) in [7, 11) is 0. The third-order valence-electron chi connectivity index (χ3n) is 2.74. The topological polar surface area (TPSA) is 55.1 Å². The maximum absolute atomic E-state index is 13.0. The molecule has 0 radical (unpaired) electrons. The van der Waals surface area contributed by atoms with E-state index in [1.165, 1.54) is 6.07 Å². The minimum atomic E-state index is -0.408. The van der Waals surface area contributed by atoms with Crippen molar-refractivity contribution in [1.82, 2.24) is 5.32 Å². The van der Waals surface area contributed by atoms with Crippen molar-refractivity contribution in [3.8, 4) is 0 Å². The second-order valence-corrected chi connectivity index (χ2v) is 4.68. The van der Waals surface area contributed by atoms with Gasteiger partial charge in [0.1, 0.15) is 5.82 Å². The first kappa shape index (κ1) is 14.9. The van der Waals surface area contributed by atoms with Crippen molar-refractivity contribution >= 4 is 17.5 Å². The van der Waals surface area contributed by atoms with Crippen LogP contribution in [0.5, 0.6) is 0 Å². The van der Waals surface area contributed by atoms with Crippen LogP contribution in [0.4, 0.5) is 4.39 Å². The first-order valence-electron chi connectivity index (χ1n) is 5.97. The second kappa shape index (κ2) is 7.34. The standard InChI is InChI=1S/C13H18ClFN2O/c1-9(17-7-3-2-4-13(16)18)10-5-6-12(15)11(14)8-10/h5-6,8-9,17H,2-4,7H2,1H3,(H2,16,18). The van der Waals surface area contributed by atoms with Crippen LogP contribution in [0, 0.1) is 5.82 Å². The van der Waals surface area contributed by atoms with Gasteiger partial charge in [0, 0.05) is 12.5 Å². The Morgan fingerprint density at radius 1 is 1.50 bits per heavy atom. The van der Waals surface area contributed by atoms with Crippen LogP contribution in [0.25, 0.3) is 0 Å². The molecule has 18 heavy (non-hydrogen) atoms. The molecule has 100 valence electrons. The normalized spacial score (nSPS) is 12.4. The van der Waals surface area contributed by atoms with Crippen LogP contribution in [0.15, 0.2) is 18.2 Å². The monoisotopic (exact) mass is 272 g/mol. The number of benzene rings is 1. The Bertz CT molecular complexity index is 412. The molecule has 3 N–H and O–H groups in total. The molecule has 1 aromatic carbocycles. The van der Waals surface area contributed by atoms with E-state index in [9.17, 15) is 9.18 Å². The molecule has 1 amide bonds. The van der Waals surface area contributed by atoms with E-state index >= 15 is 0 Å². The zero-order valence-corrected chi connectivity index (χ0v) is 11.1. The quantitative estimate of drug-likeness (QED) is 0.750. The Kier molecular flexibility index (Phi) is 6.09. The van der Waals surface area contributed by atoms with Crippen LogP contribution in [0.2, 0.25) is 5.02 Å². The lowest BCUT2D eigenvalue weighted by Crippen LogP contribution is -2.20. The lowest BCUT2D eigenvalue weighted by molar-refractivity contribution is -0.118. The number of carbonyl (C=O) groups excluding carboxylic acids is 1. The van der Waals surface area contributed by atoms with E-state index in [0.717, 1.165) is 24.9 Å². The summed E-state index contributed by atoms with van der Waals surface area (Å²) in [6.07, 6.45) is 2.07. The Balaban J connectivity index is 2.34. The molecule has 0 saturated carbocycles. The number of rotatable bonds is 7. The number of primary amides is 1. The molecule has 0 aliphatic carbocycles. The first-order chi connectivity index (χ1) is 8.50. The number of halogens is 2. The predicted octanol–water partition coefficient (Wildman–Crippen LogP) is 2.79. The summed E-state index contributed by atoms with van der Waals surface area (Å²) in [5.41, 5.74) is 5.99. The Labute approximate surface area is 112 Å². The van der Waals surface area contributed by atoms with Gasteiger partial charge in [-0.05, 0) is 44.0 Å². The molecule has 1 atom stereocenters. The van der Waals surface area contributed by atoms with Gasteiger partial charge in [-0.1, -0.05) is 17.7 Å². The van der Waals surface area contributed by atoms with Crippen molar-refractivity contribution in [2.24, 2.45) is 5.73 Å². The number of nitrogens with one attached hydrogen (secondary N) is 1. The van der Waals surface area contributed by atoms with Crippen LogP contribution < -0.4 is 11.1 Å². The summed E-state index contributed by atoms with van der Waals surface area (Å²) in [6, 6.07) is 4.79. The average Bonchev–Trinajstić information content (AvgIpc) is 2.31. The summed E-state index contributed by atoms with van der Waals surface area (Å²) in [5, 5.41) is 3.42. The highest BCUT2D eigenvalue weighted by Gasteiger charge is 2.07. The molecule has 0 heterocycles. The molecule has 0 aromatic heterocycles. The first-order valence-corrected chi connectivity index (χ1v) is 6.35. The molecule has 3 nitrogen and oxygen atoms in total. The molecular weight excluding hydrogens is 255 g/mol. The summed E-state index contributed by atoms with van der Waals surface area (Å²) >= 11 is 5.72. The molecule has 1 aromatic rings. The van der Waals surface area contributed by atoms with E-state index in [4.69, 9.17) is 17.3 Å². The lowest BCUT2D eigenvalue weighted by atomic mass is 10.1. The number of amides is 1. The van der Waals surface area contributed by atoms with Crippen molar-refractivity contribution in [1.29, 1.82) is 0 Å². The highest BCUT2D eigenvalue weighted by molar-refractivity contribution is 6.30. The molecule has 0 bridgehead atoms. The van der Waals surface area contributed by atoms with Gasteiger partial charge in [-0.25, -0.2) is 4.39 Å². The third kappa shape index (κ3) is 5.02. The maximum Gasteiger partial charge on any atom is 0.217 e. The van der Waals surface area contributed by atoms with Crippen molar-refractivity contribution in [3.05, 3.63) is 34.6 Å². The molecule has 1 unspecified atom stereocenters. The molecule has 5 heteroatoms. The van der Waals surface area contributed by atoms with Gasteiger partial charge in [0.25, 0.3) is 0 Å². The molecular formula is C13H18ClFN2O. The SMILES string of the molecule is CC(NCCCCC(N)=O)c1ccc(F)c(Cl)c1. The van der Waals surface area contributed by atoms with Gasteiger partial charge < -0.3 is 11.1 Å². The van der Waals surface area contributed by atoms with Gasteiger partial charge in [-0.2, -0.15) is 0 Å². The highest BCUT2D eigenvalue weighted by atomic mass is 35.5. The van der Waals surface area contributed by atoms with Gasteiger partial charge in [0.15, 0.2) is 0 Å². The fourth-order valence-corrected chi connectivity index (χ4v) is 1.83. The fraction of sp³-hybridized carbons (Fsp3) is 0.462. The van der Waals surface area contributed by atoms with E-state index in [1.54, 1.807) is 12.1 Å². The average molecular weight is 273 g/mol. The lowest BCUT2D eigenvalue weighted by Gasteiger charge is -2.14. The van der Waals surface area contributed by atoms with Crippen LogP contribution >= 0.6 is 11.6 Å². The minimum Gasteiger partial charge on any atom is -0.370 e. The molecule has 0 spiro atoms. The summed E-state index contributed by atoms with van der Waals surface area (Å²) in [5.74, 6) is -0.678. The largest absolute Gasteiger partial charge is 0.370 e. The van der Waals surface area contributed by atoms with Gasteiger partial charge in [0.05, 0.1) is 5.02 Å². The van der Waals surface area contributed by atoms with Gasteiger partial charge in [-0.15, -0.1) is 0 Å². The van der Waals surface area contributed by atoms with Crippen LogP contribution in [0.3, 0.4) is 0 Å². The third-order valence-corrected chi connectivity index (χ3v) is 3.03. The summed E-state index contributed by atoms with van der Waals surface area (Å²) in [4.78, 5) is 10.5. The van der Waals surface area contributed by atoms with E-state index in [0.29, 0.717) is 6.42 Å². The predicted molar refractivity (Wildman–Crippen MR) is 70.9 cm³/mol. The van der Waals surface area contributed by atoms with Crippen LogP contribution in [0.1, 0.15) is 37.8 Å². The second-order valence-electron chi connectivity index (χ2n) is 4.27. The highest BCUT2D eigenvalue weighted by Crippen LogP contribution is 2.20. The number of carbonyl (C=O) groups is 1. The minimum absolute atomic E-state index is 0.0941. The van der Waals surface area contributed by atoms with Crippen LogP contribution in [-0.4, -0.2) is 12.5 Å². The van der Waals surface area contributed by atoms with Crippen molar-refractivity contribution in [2.75, 3.05) is 6.54 Å². The van der Waals surface area contributed by atoms with E-state index < -0.39 is 5.82 Å². The van der Waals surface area contributed by atoms with E-state index in [1.807, 2.05) is 6.92 Å². The number of hydrogen-bond acceptors (Lipinski definition) is 2. The zero-order valence-electron chi connectivity index (χ0n) is 10.4. The van der Waals surface area contributed by atoms with E-state index in [2.05, 4.69) is 5.32 Å². The molecule has 0 aliphatic rings. The molecule has 1 rings (SSSR count). The maximum atomic E-state index is 13.0. The van der Waals surface area contributed by atoms with Crippen molar-refractivity contribution in [3.63, 3.8) is 0 Å². The Morgan fingerprint density at radius 2 is 2.22 bits per heavy atom. The number of unbranched alkanes of at least 4 members (excludes halogenated alkanes) is 1. The van der Waals surface area contributed by atoms with Gasteiger partial charge in [0.2, 0.25) is 5.91 Å². The summed E-state index contributed by atoms with van der Waals surface area (Å²) in [6.45, 7) is 2.76. The molecule has 0 saturated heterocycles. The Morgan fingerprint density at radius 3 is 2.83 bits per heavy atom. The summed E-state index contributed by atoms with van der Waals surface area (Å²) < 4.78 is 13.0.